The number of likely N-dealkylation sites (N-methyl/N-ethyl adjacent to an activating group) is 1. The van der Waals surface area contributed by atoms with Crippen molar-refractivity contribution in [3.63, 3.8) is 0 Å². The van der Waals surface area contributed by atoms with Crippen molar-refractivity contribution >= 4 is 0 Å². The number of nitrogens with two attached hydrogens (primary N) is 1. The van der Waals surface area contributed by atoms with E-state index in [9.17, 15) is 0 Å². The van der Waals surface area contributed by atoms with Crippen LogP contribution in [0.15, 0.2) is 61.4 Å². The van der Waals surface area contributed by atoms with Gasteiger partial charge in [0.25, 0.3) is 0 Å². The molecule has 3 heteroatoms. The minimum absolute atomic E-state index is 0.0178. The van der Waals surface area contributed by atoms with E-state index in [2.05, 4.69) is 69.6 Å². The van der Waals surface area contributed by atoms with Crippen LogP contribution in [0.4, 0.5) is 0 Å². The second-order valence-corrected chi connectivity index (χ2v) is 9.49. The number of hydrogen-bond acceptors (Lipinski definition) is 3. The molecule has 0 aromatic heterocycles. The third-order valence-corrected chi connectivity index (χ3v) is 7.62. The van der Waals surface area contributed by atoms with E-state index in [0.717, 1.165) is 57.2 Å². The molecular weight excluding hydrogens is 354 g/mol. The lowest BCUT2D eigenvalue weighted by Gasteiger charge is -2.57. The minimum atomic E-state index is -0.0300. The fourth-order valence-electron chi connectivity index (χ4n) is 5.41. The maximum Gasteiger partial charge on any atom is 0.0456 e. The smallest absolute Gasteiger partial charge is 0.0456 e. The van der Waals surface area contributed by atoms with Crippen LogP contribution in [0.3, 0.4) is 0 Å². The first-order valence-electron chi connectivity index (χ1n) is 11.2. The Morgan fingerprint density at radius 2 is 1.66 bits per heavy atom. The van der Waals surface area contributed by atoms with Crippen LogP contribution in [0.5, 0.6) is 0 Å². The second-order valence-electron chi connectivity index (χ2n) is 9.49. The Bertz CT molecular complexity index is 655. The number of nitrogens with zero attached hydrogens (tertiary/aromatic N) is 2. The molecule has 2 rings (SSSR count). The summed E-state index contributed by atoms with van der Waals surface area (Å²) in [5.41, 5.74) is 9.29. The Labute approximate surface area is 179 Å². The molecule has 0 heterocycles. The molecule has 0 saturated heterocycles. The highest BCUT2D eigenvalue weighted by atomic mass is 15.2. The van der Waals surface area contributed by atoms with E-state index in [0.29, 0.717) is 0 Å². The summed E-state index contributed by atoms with van der Waals surface area (Å²) in [5, 5.41) is 0. The molecule has 0 aliphatic heterocycles. The Balaban J connectivity index is 2.33. The first kappa shape index (κ1) is 23.7. The molecule has 0 atom stereocenters. The fourth-order valence-corrected chi connectivity index (χ4v) is 5.41. The molecular formula is C26H43N3. The molecule has 0 aromatic carbocycles. The predicted molar refractivity (Wildman–Crippen MR) is 128 cm³/mol. The number of allylic oxidation sites excluding steroid dienone is 5. The molecule has 0 radical (unpaired) electrons. The largest absolute Gasteiger partial charge is 0.368 e. The minimum Gasteiger partial charge on any atom is -0.368 e. The van der Waals surface area contributed by atoms with Gasteiger partial charge in [-0.2, -0.15) is 0 Å². The molecule has 0 unspecified atom stereocenters. The van der Waals surface area contributed by atoms with E-state index >= 15 is 0 Å². The van der Waals surface area contributed by atoms with Gasteiger partial charge in [-0.05, 0) is 78.0 Å². The Morgan fingerprint density at radius 3 is 2.03 bits per heavy atom. The summed E-state index contributed by atoms with van der Waals surface area (Å²) >= 11 is 0. The number of hydrogen-bond donors (Lipinski definition) is 1. The molecule has 0 bridgehead atoms. The van der Waals surface area contributed by atoms with Crippen LogP contribution in [-0.4, -0.2) is 47.1 Å². The highest BCUT2D eigenvalue weighted by Crippen LogP contribution is 2.48. The summed E-state index contributed by atoms with van der Waals surface area (Å²) in [4.78, 5) is 4.97. The van der Waals surface area contributed by atoms with E-state index in [4.69, 9.17) is 5.73 Å². The quantitative estimate of drug-likeness (QED) is 0.488. The van der Waals surface area contributed by atoms with Crippen LogP contribution in [0.25, 0.3) is 0 Å². The van der Waals surface area contributed by atoms with E-state index < -0.39 is 0 Å². The summed E-state index contributed by atoms with van der Waals surface area (Å²) in [7, 11) is 4.41. The van der Waals surface area contributed by atoms with Gasteiger partial charge in [-0.25, -0.2) is 0 Å². The van der Waals surface area contributed by atoms with Crippen LogP contribution in [-0.2, 0) is 0 Å². The van der Waals surface area contributed by atoms with Crippen LogP contribution < -0.4 is 5.73 Å². The molecule has 162 valence electrons. The van der Waals surface area contributed by atoms with Crippen molar-refractivity contribution in [2.75, 3.05) is 20.6 Å². The zero-order valence-corrected chi connectivity index (χ0v) is 19.3. The zero-order chi connectivity index (χ0) is 21.7. The molecule has 2 saturated carbocycles. The van der Waals surface area contributed by atoms with Crippen molar-refractivity contribution in [2.45, 2.75) is 81.8 Å². The van der Waals surface area contributed by atoms with Gasteiger partial charge in [0.05, 0.1) is 0 Å². The molecule has 2 N–H and O–H groups in total. The molecule has 0 spiro atoms. The third-order valence-electron chi connectivity index (χ3n) is 7.62. The average Bonchev–Trinajstić information content (AvgIpc) is 2.67. The molecule has 29 heavy (non-hydrogen) atoms. The lowest BCUT2D eigenvalue weighted by molar-refractivity contribution is 0.00269. The van der Waals surface area contributed by atoms with Gasteiger partial charge in [0.2, 0.25) is 0 Å². The normalized spacial score (nSPS) is 29.5. The van der Waals surface area contributed by atoms with Crippen molar-refractivity contribution < 1.29 is 0 Å². The predicted octanol–water partition coefficient (Wildman–Crippen LogP) is 5.58. The molecule has 2 fully saturated rings. The van der Waals surface area contributed by atoms with Crippen LogP contribution in [0, 0.1) is 0 Å². The van der Waals surface area contributed by atoms with Gasteiger partial charge in [-0.15, -0.1) is 0 Å². The SMILES string of the molecule is C=C/C=C\C(=C/C=C)C1(N(C)C)CCC(CC)(N(CC2(N)CCC2)C(=C)C)CC1. The average molecular weight is 398 g/mol. The van der Waals surface area contributed by atoms with Gasteiger partial charge in [0.15, 0.2) is 0 Å². The van der Waals surface area contributed by atoms with Gasteiger partial charge in [0.1, 0.15) is 0 Å². The van der Waals surface area contributed by atoms with E-state index in [-0.39, 0.29) is 16.6 Å². The summed E-state index contributed by atoms with van der Waals surface area (Å²) < 4.78 is 0. The topological polar surface area (TPSA) is 32.5 Å². The van der Waals surface area contributed by atoms with Crippen molar-refractivity contribution in [2.24, 2.45) is 5.73 Å². The van der Waals surface area contributed by atoms with Crippen LogP contribution >= 0.6 is 0 Å². The zero-order valence-electron chi connectivity index (χ0n) is 19.3. The summed E-state index contributed by atoms with van der Waals surface area (Å²) in [6.07, 6.45) is 19.3. The molecule has 2 aliphatic rings. The van der Waals surface area contributed by atoms with Gasteiger partial charge >= 0.3 is 0 Å². The first-order valence-corrected chi connectivity index (χ1v) is 11.2. The summed E-state index contributed by atoms with van der Waals surface area (Å²) in [6.45, 7) is 17.6. The van der Waals surface area contributed by atoms with E-state index in [1.54, 1.807) is 0 Å². The van der Waals surface area contributed by atoms with Crippen LogP contribution in [0.2, 0.25) is 0 Å². The molecule has 2 aliphatic carbocycles. The maximum absolute atomic E-state index is 6.68. The lowest BCUT2D eigenvalue weighted by Crippen LogP contribution is -2.62. The van der Waals surface area contributed by atoms with Gasteiger partial charge in [-0.1, -0.05) is 57.0 Å². The standard InChI is InChI=1S/C26H43N3/c1-8-11-14-23(13-9-2)26(28(6)7)19-17-25(10-3,18-20-26)29(22(4)5)21-24(27)15-12-16-24/h8-9,11,13-14H,1-2,4,10,12,15-21,27H2,3,5-7H3/b14-11-,23-13+. The molecule has 0 amide bonds. The summed E-state index contributed by atoms with van der Waals surface area (Å²) in [6, 6.07) is 0. The van der Waals surface area contributed by atoms with Crippen molar-refractivity contribution in [3.8, 4) is 0 Å². The molecule has 0 aromatic rings. The van der Waals surface area contributed by atoms with Crippen molar-refractivity contribution in [1.29, 1.82) is 0 Å². The van der Waals surface area contributed by atoms with E-state index in [1.165, 1.54) is 12.0 Å². The Hall–Kier alpha value is -1.58. The highest BCUT2D eigenvalue weighted by molar-refractivity contribution is 5.36. The lowest BCUT2D eigenvalue weighted by atomic mass is 9.65. The molecule has 3 nitrogen and oxygen atoms in total. The highest BCUT2D eigenvalue weighted by Gasteiger charge is 2.48. The van der Waals surface area contributed by atoms with Gasteiger partial charge in [0, 0.05) is 28.9 Å². The van der Waals surface area contributed by atoms with E-state index in [1.807, 2.05) is 18.2 Å². The van der Waals surface area contributed by atoms with Crippen molar-refractivity contribution in [3.05, 3.63) is 61.4 Å². The van der Waals surface area contributed by atoms with Gasteiger partial charge < -0.3 is 10.6 Å². The van der Waals surface area contributed by atoms with Crippen LogP contribution in [0.1, 0.15) is 65.2 Å². The number of rotatable bonds is 10. The Kier molecular flexibility index (Phi) is 7.75. The third kappa shape index (κ3) is 4.78. The van der Waals surface area contributed by atoms with Gasteiger partial charge in [-0.3, -0.25) is 4.90 Å². The monoisotopic (exact) mass is 397 g/mol. The maximum atomic E-state index is 6.68. The Morgan fingerprint density at radius 1 is 1.03 bits per heavy atom. The second kappa shape index (κ2) is 9.49. The van der Waals surface area contributed by atoms with Crippen molar-refractivity contribution in [1.82, 2.24) is 9.80 Å². The fraction of sp³-hybridized carbons (Fsp3) is 0.615. The summed E-state index contributed by atoms with van der Waals surface area (Å²) in [5.74, 6) is 0. The first-order chi connectivity index (χ1) is 13.7.